The Kier molecular flexibility index (Phi) is 11.7. The summed E-state index contributed by atoms with van der Waals surface area (Å²) < 4.78 is 2.67. The molecule has 1 aromatic carbocycles. The van der Waals surface area contributed by atoms with Crippen LogP contribution in [0.5, 0.6) is 0 Å². The highest BCUT2D eigenvalue weighted by Gasteiger charge is 2.28. The fourth-order valence-electron chi connectivity index (χ4n) is 5.98. The van der Waals surface area contributed by atoms with Gasteiger partial charge in [0, 0.05) is 23.1 Å². The number of fused-ring (bicyclic) bond motifs is 1. The summed E-state index contributed by atoms with van der Waals surface area (Å²) in [6, 6.07) is 9.94. The Morgan fingerprint density at radius 2 is 1.58 bits per heavy atom. The van der Waals surface area contributed by atoms with E-state index in [-0.39, 0.29) is 24.8 Å². The summed E-state index contributed by atoms with van der Waals surface area (Å²) in [6.45, 7) is 2.95. The zero-order chi connectivity index (χ0) is 19.9. The topological polar surface area (TPSA) is 43.0 Å². The van der Waals surface area contributed by atoms with Gasteiger partial charge in [-0.05, 0) is 81.6 Å². The van der Waals surface area contributed by atoms with Crippen LogP contribution in [-0.4, -0.2) is 24.2 Å². The van der Waals surface area contributed by atoms with Crippen molar-refractivity contribution in [1.29, 1.82) is 0 Å². The lowest BCUT2D eigenvalue weighted by atomic mass is 9.75. The van der Waals surface area contributed by atoms with Crippen molar-refractivity contribution in [3.05, 3.63) is 36.0 Å². The van der Waals surface area contributed by atoms with Crippen LogP contribution >= 0.6 is 24.8 Å². The molecule has 2 aliphatic carbocycles. The average molecular weight is 469 g/mol. The molecule has 1 atom stereocenters. The normalized spacial score (nSPS) is 19.0. The van der Waals surface area contributed by atoms with E-state index in [4.69, 9.17) is 5.73 Å². The summed E-state index contributed by atoms with van der Waals surface area (Å²) in [5, 5.41) is 5.18. The van der Waals surface area contributed by atoms with Gasteiger partial charge in [0.05, 0.1) is 0 Å². The Labute approximate surface area is 201 Å². The van der Waals surface area contributed by atoms with E-state index in [0.29, 0.717) is 12.0 Å². The van der Waals surface area contributed by atoms with E-state index in [0.717, 1.165) is 32.0 Å². The highest BCUT2D eigenvalue weighted by Crippen LogP contribution is 2.43. The van der Waals surface area contributed by atoms with Gasteiger partial charge in [-0.1, -0.05) is 56.7 Å². The third-order valence-electron chi connectivity index (χ3n) is 7.55. The first kappa shape index (κ1) is 26.5. The fraction of sp³-hybridized carbons (Fsp3) is 0.692. The van der Waals surface area contributed by atoms with Crippen LogP contribution in [0.1, 0.15) is 94.6 Å². The molecule has 0 saturated heterocycles. The van der Waals surface area contributed by atoms with Gasteiger partial charge in [0.2, 0.25) is 0 Å². The molecule has 2 saturated carbocycles. The number of para-hydroxylation sites is 1. The highest BCUT2D eigenvalue weighted by atomic mass is 35.5. The smallest absolute Gasteiger partial charge is 0.0485 e. The first-order valence-corrected chi connectivity index (χ1v) is 12.4. The number of nitrogens with zero attached hydrogens (tertiary/aromatic N) is 1. The number of nitrogens with one attached hydrogen (secondary N) is 1. The molecule has 0 spiro atoms. The van der Waals surface area contributed by atoms with E-state index < -0.39 is 0 Å². The quantitative estimate of drug-likeness (QED) is 0.390. The predicted molar refractivity (Wildman–Crippen MR) is 139 cm³/mol. The van der Waals surface area contributed by atoms with Crippen LogP contribution in [0.2, 0.25) is 0 Å². The van der Waals surface area contributed by atoms with E-state index in [2.05, 4.69) is 40.3 Å². The lowest BCUT2D eigenvalue weighted by Gasteiger charge is -2.31. The number of halogens is 2. The number of hydrogen-bond donors (Lipinski definition) is 2. The maximum absolute atomic E-state index is 5.67. The molecule has 0 radical (unpaired) electrons. The van der Waals surface area contributed by atoms with Gasteiger partial charge in [0.25, 0.3) is 0 Å². The largest absolute Gasteiger partial charge is 0.344 e. The van der Waals surface area contributed by atoms with E-state index in [9.17, 15) is 0 Å². The number of aromatic nitrogens is 1. The third-order valence-corrected chi connectivity index (χ3v) is 7.55. The predicted octanol–water partition coefficient (Wildman–Crippen LogP) is 6.98. The zero-order valence-corrected chi connectivity index (χ0v) is 20.7. The van der Waals surface area contributed by atoms with Crippen LogP contribution < -0.4 is 11.1 Å². The van der Waals surface area contributed by atoms with Gasteiger partial charge in [-0.3, -0.25) is 0 Å². The van der Waals surface area contributed by atoms with Gasteiger partial charge in [-0.25, -0.2) is 0 Å². The third kappa shape index (κ3) is 6.63. The Balaban J connectivity index is 0.00000171. The molecule has 0 amide bonds. The molecule has 0 aliphatic heterocycles. The summed E-state index contributed by atoms with van der Waals surface area (Å²) in [5.74, 6) is 1.54. The van der Waals surface area contributed by atoms with E-state index in [1.807, 2.05) is 0 Å². The van der Waals surface area contributed by atoms with Crippen LogP contribution in [0.3, 0.4) is 0 Å². The second kappa shape index (κ2) is 13.7. The Hall–Kier alpha value is -0.740. The van der Waals surface area contributed by atoms with Crippen molar-refractivity contribution in [3.63, 3.8) is 0 Å². The average Bonchev–Trinajstić information content (AvgIpc) is 3.17. The maximum Gasteiger partial charge on any atom is 0.0485 e. The number of rotatable bonds is 9. The van der Waals surface area contributed by atoms with Gasteiger partial charge in [0.1, 0.15) is 0 Å². The monoisotopic (exact) mass is 467 g/mol. The number of benzene rings is 1. The van der Waals surface area contributed by atoms with Crippen LogP contribution in [0.15, 0.2) is 30.5 Å². The molecule has 3 nitrogen and oxygen atoms in total. The minimum Gasteiger partial charge on any atom is -0.344 e. The van der Waals surface area contributed by atoms with E-state index in [1.165, 1.54) is 81.5 Å². The molecular formula is C26H43Cl2N3. The standard InChI is InChI=1S/C26H41N3.2ClH/c27-17-9-18-28-19-16-23(21-10-3-1-4-11-21)25-20-29(22-12-5-2-6-13-22)26-15-8-7-14-24(25)26;;/h7-8,14-15,20-23,28H,1-6,9-13,16-19,27H2;2*1H. The number of hydrogen-bond acceptors (Lipinski definition) is 2. The molecule has 176 valence electrons. The minimum absolute atomic E-state index is 0. The second-order valence-electron chi connectivity index (χ2n) is 9.49. The van der Waals surface area contributed by atoms with E-state index in [1.54, 1.807) is 5.56 Å². The maximum atomic E-state index is 5.67. The summed E-state index contributed by atoms with van der Waals surface area (Å²) in [4.78, 5) is 0. The van der Waals surface area contributed by atoms with Gasteiger partial charge >= 0.3 is 0 Å². The summed E-state index contributed by atoms with van der Waals surface area (Å²) in [5.41, 5.74) is 8.79. The molecule has 3 N–H and O–H groups in total. The molecule has 1 heterocycles. The number of nitrogens with two attached hydrogens (primary N) is 1. The van der Waals surface area contributed by atoms with Crippen LogP contribution in [-0.2, 0) is 0 Å². The molecule has 4 rings (SSSR count). The summed E-state index contributed by atoms with van der Waals surface area (Å²) in [6.07, 6.45) is 18.9. The Bertz CT molecular complexity index is 748. The minimum atomic E-state index is 0. The summed E-state index contributed by atoms with van der Waals surface area (Å²) >= 11 is 0. The highest BCUT2D eigenvalue weighted by molar-refractivity contribution is 5.86. The molecule has 2 aliphatic rings. The molecule has 2 fully saturated rings. The molecule has 5 heteroatoms. The molecule has 1 unspecified atom stereocenters. The second-order valence-corrected chi connectivity index (χ2v) is 9.49. The Morgan fingerprint density at radius 3 is 2.29 bits per heavy atom. The van der Waals surface area contributed by atoms with Crippen molar-refractivity contribution < 1.29 is 0 Å². The van der Waals surface area contributed by atoms with Gasteiger partial charge in [0.15, 0.2) is 0 Å². The lowest BCUT2D eigenvalue weighted by molar-refractivity contribution is 0.292. The van der Waals surface area contributed by atoms with Crippen molar-refractivity contribution in [1.82, 2.24) is 9.88 Å². The van der Waals surface area contributed by atoms with Crippen molar-refractivity contribution in [2.24, 2.45) is 11.7 Å². The lowest BCUT2D eigenvalue weighted by Crippen LogP contribution is -2.24. The van der Waals surface area contributed by atoms with E-state index >= 15 is 0 Å². The molecule has 31 heavy (non-hydrogen) atoms. The van der Waals surface area contributed by atoms with Crippen LogP contribution in [0.25, 0.3) is 10.9 Å². The van der Waals surface area contributed by atoms with Crippen molar-refractivity contribution >= 4 is 35.7 Å². The molecule has 1 aromatic heterocycles. The van der Waals surface area contributed by atoms with Crippen molar-refractivity contribution in [3.8, 4) is 0 Å². The zero-order valence-electron chi connectivity index (χ0n) is 19.1. The van der Waals surface area contributed by atoms with Gasteiger partial charge in [-0.15, -0.1) is 24.8 Å². The van der Waals surface area contributed by atoms with Gasteiger partial charge < -0.3 is 15.6 Å². The van der Waals surface area contributed by atoms with Gasteiger partial charge in [-0.2, -0.15) is 0 Å². The molecule has 2 aromatic rings. The first-order valence-electron chi connectivity index (χ1n) is 12.4. The molecular weight excluding hydrogens is 425 g/mol. The fourth-order valence-corrected chi connectivity index (χ4v) is 5.98. The van der Waals surface area contributed by atoms with Crippen molar-refractivity contribution in [2.45, 2.75) is 89.0 Å². The molecule has 0 bridgehead atoms. The SMILES string of the molecule is Cl.Cl.NCCCNCCC(c1cn(C2CCCCC2)c2ccccc12)C1CCCCC1. The van der Waals surface area contributed by atoms with Crippen LogP contribution in [0.4, 0.5) is 0 Å². The Morgan fingerprint density at radius 1 is 0.903 bits per heavy atom. The first-order chi connectivity index (χ1) is 14.4. The summed E-state index contributed by atoms with van der Waals surface area (Å²) in [7, 11) is 0. The van der Waals surface area contributed by atoms with Crippen molar-refractivity contribution in [2.75, 3.05) is 19.6 Å². The van der Waals surface area contributed by atoms with Crippen LogP contribution in [0, 0.1) is 5.92 Å².